The van der Waals surface area contributed by atoms with Crippen LogP contribution in [0.3, 0.4) is 0 Å². The van der Waals surface area contributed by atoms with Crippen LogP contribution in [0.25, 0.3) is 0 Å². The molecule has 0 saturated carbocycles. The third kappa shape index (κ3) is 3.36. The van der Waals surface area contributed by atoms with Gasteiger partial charge in [-0.3, -0.25) is 0 Å². The topological polar surface area (TPSA) is 27.7 Å². The second-order valence-corrected chi connectivity index (χ2v) is 5.24. The predicted octanol–water partition coefficient (Wildman–Crippen LogP) is 4.69. The van der Waals surface area contributed by atoms with E-state index in [-0.39, 0.29) is 5.38 Å². The van der Waals surface area contributed by atoms with Gasteiger partial charge in [0.1, 0.15) is 5.75 Å². The van der Waals surface area contributed by atoms with Crippen LogP contribution in [0.4, 0.5) is 0 Å². The van der Waals surface area contributed by atoms with Crippen LogP contribution in [0.15, 0.2) is 36.4 Å². The number of benzene rings is 2. The molecule has 0 radical (unpaired) electrons. The molecule has 1 atom stereocenters. The Balaban J connectivity index is 2.48. The van der Waals surface area contributed by atoms with Crippen LogP contribution in [0.5, 0.6) is 17.2 Å². The summed E-state index contributed by atoms with van der Waals surface area (Å²) in [5, 5.41) is 0.291. The first-order valence-electron chi connectivity index (χ1n) is 6.30. The Morgan fingerprint density at radius 2 is 1.33 bits per heavy atom. The zero-order valence-corrected chi connectivity index (χ0v) is 13.5. The van der Waals surface area contributed by atoms with E-state index in [9.17, 15) is 0 Å². The third-order valence-corrected chi connectivity index (χ3v) is 3.91. The smallest absolute Gasteiger partial charge is 0.164 e. The van der Waals surface area contributed by atoms with Crippen LogP contribution in [-0.2, 0) is 0 Å². The molecule has 0 spiro atoms. The van der Waals surface area contributed by atoms with Crippen LogP contribution in [0.1, 0.15) is 16.5 Å². The van der Waals surface area contributed by atoms with E-state index < -0.39 is 0 Å². The van der Waals surface area contributed by atoms with E-state index in [1.165, 1.54) is 0 Å². The molecule has 5 heteroatoms. The maximum atomic E-state index is 6.57. The highest BCUT2D eigenvalue weighted by atomic mass is 35.5. The number of alkyl halides is 1. The van der Waals surface area contributed by atoms with Gasteiger partial charge in [-0.2, -0.15) is 0 Å². The fraction of sp³-hybridized carbons (Fsp3) is 0.250. The molecule has 2 rings (SSSR count). The monoisotopic (exact) mass is 326 g/mol. The van der Waals surface area contributed by atoms with Crippen molar-refractivity contribution >= 4 is 23.2 Å². The average Bonchev–Trinajstić information content (AvgIpc) is 2.53. The Morgan fingerprint density at radius 1 is 0.810 bits per heavy atom. The molecule has 0 fully saturated rings. The maximum absolute atomic E-state index is 6.57. The Bertz CT molecular complexity index is 612. The summed E-state index contributed by atoms with van der Waals surface area (Å²) in [6.45, 7) is 0. The lowest BCUT2D eigenvalue weighted by molar-refractivity contribution is 0.347. The molecule has 1 unspecified atom stereocenters. The minimum Gasteiger partial charge on any atom is -0.496 e. The van der Waals surface area contributed by atoms with Crippen molar-refractivity contribution in [3.63, 3.8) is 0 Å². The molecular weight excluding hydrogens is 311 g/mol. The second kappa shape index (κ2) is 6.92. The van der Waals surface area contributed by atoms with Crippen LogP contribution >= 0.6 is 23.2 Å². The van der Waals surface area contributed by atoms with Gasteiger partial charge in [-0.25, -0.2) is 0 Å². The third-order valence-electron chi connectivity index (χ3n) is 3.17. The largest absolute Gasteiger partial charge is 0.496 e. The van der Waals surface area contributed by atoms with Crippen LogP contribution < -0.4 is 14.2 Å². The molecule has 0 aliphatic rings. The van der Waals surface area contributed by atoms with Crippen molar-refractivity contribution in [1.82, 2.24) is 0 Å². The first kappa shape index (κ1) is 15.8. The minimum absolute atomic E-state index is 0.378. The normalized spacial score (nSPS) is 11.9. The highest BCUT2D eigenvalue weighted by molar-refractivity contribution is 6.30. The summed E-state index contributed by atoms with van der Waals surface area (Å²) in [4.78, 5) is 0. The maximum Gasteiger partial charge on any atom is 0.164 e. The van der Waals surface area contributed by atoms with Crippen molar-refractivity contribution < 1.29 is 14.2 Å². The van der Waals surface area contributed by atoms with Crippen molar-refractivity contribution in [2.75, 3.05) is 21.3 Å². The van der Waals surface area contributed by atoms with Gasteiger partial charge in [-0.1, -0.05) is 23.7 Å². The number of rotatable bonds is 5. The van der Waals surface area contributed by atoms with E-state index >= 15 is 0 Å². The van der Waals surface area contributed by atoms with Crippen molar-refractivity contribution in [2.45, 2.75) is 5.38 Å². The Morgan fingerprint density at radius 3 is 1.86 bits per heavy atom. The average molecular weight is 327 g/mol. The van der Waals surface area contributed by atoms with Gasteiger partial charge in [0.05, 0.1) is 26.7 Å². The highest BCUT2D eigenvalue weighted by Crippen LogP contribution is 2.42. The number of hydrogen-bond acceptors (Lipinski definition) is 3. The molecular formula is C16H16Cl2O3. The number of halogens is 2. The first-order valence-corrected chi connectivity index (χ1v) is 7.11. The Kier molecular flexibility index (Phi) is 5.21. The van der Waals surface area contributed by atoms with E-state index in [0.29, 0.717) is 22.3 Å². The van der Waals surface area contributed by atoms with Crippen molar-refractivity contribution in [2.24, 2.45) is 0 Å². The van der Waals surface area contributed by atoms with Crippen LogP contribution in [-0.4, -0.2) is 21.3 Å². The molecule has 0 saturated heterocycles. The lowest BCUT2D eigenvalue weighted by Gasteiger charge is -2.17. The van der Waals surface area contributed by atoms with Gasteiger partial charge in [0.2, 0.25) is 0 Å². The van der Waals surface area contributed by atoms with Crippen LogP contribution in [0, 0.1) is 0 Å². The summed E-state index contributed by atoms with van der Waals surface area (Å²) in [5.41, 5.74) is 1.73. The summed E-state index contributed by atoms with van der Waals surface area (Å²) in [5.74, 6) is 1.84. The molecule has 2 aromatic carbocycles. The lowest BCUT2D eigenvalue weighted by atomic mass is 10.0. The predicted molar refractivity (Wildman–Crippen MR) is 85.2 cm³/mol. The molecule has 0 heterocycles. The first-order chi connectivity index (χ1) is 10.1. The fourth-order valence-electron chi connectivity index (χ4n) is 2.06. The minimum atomic E-state index is -0.378. The van der Waals surface area contributed by atoms with E-state index in [4.69, 9.17) is 37.4 Å². The number of ether oxygens (including phenoxy) is 3. The van der Waals surface area contributed by atoms with Crippen LogP contribution in [0.2, 0.25) is 5.02 Å². The Labute approximate surface area is 134 Å². The van der Waals surface area contributed by atoms with E-state index in [1.807, 2.05) is 18.2 Å². The van der Waals surface area contributed by atoms with Gasteiger partial charge < -0.3 is 14.2 Å². The zero-order chi connectivity index (χ0) is 15.4. The van der Waals surface area contributed by atoms with Gasteiger partial charge in [-0.05, 0) is 23.8 Å². The molecule has 0 N–H and O–H groups in total. The Hall–Kier alpha value is -1.58. The SMILES string of the molecule is COc1cc(OC)c(C(Cl)c2ccc(Cl)cc2)cc1OC. The standard InChI is InChI=1S/C16H16Cl2O3/c1-19-13-9-15(21-3)14(20-2)8-12(13)16(18)10-4-6-11(17)7-5-10/h4-9,16H,1-3H3. The van der Waals surface area contributed by atoms with Gasteiger partial charge in [-0.15, -0.1) is 11.6 Å². The number of methoxy groups -OCH3 is 3. The van der Waals surface area contributed by atoms with Gasteiger partial charge >= 0.3 is 0 Å². The summed E-state index contributed by atoms with van der Waals surface area (Å²) in [6, 6.07) is 11.0. The molecule has 112 valence electrons. The number of hydrogen-bond donors (Lipinski definition) is 0. The van der Waals surface area contributed by atoms with Gasteiger partial charge in [0.15, 0.2) is 11.5 Å². The highest BCUT2D eigenvalue weighted by Gasteiger charge is 2.19. The molecule has 0 aromatic heterocycles. The summed E-state index contributed by atoms with van der Waals surface area (Å²) >= 11 is 12.5. The quantitative estimate of drug-likeness (QED) is 0.746. The van der Waals surface area contributed by atoms with Crippen molar-refractivity contribution in [1.29, 1.82) is 0 Å². The van der Waals surface area contributed by atoms with E-state index in [1.54, 1.807) is 39.5 Å². The summed E-state index contributed by atoms with van der Waals surface area (Å²) in [6.07, 6.45) is 0. The molecule has 0 aliphatic carbocycles. The molecule has 2 aromatic rings. The van der Waals surface area contributed by atoms with Gasteiger partial charge in [0, 0.05) is 16.7 Å². The molecule has 3 nitrogen and oxygen atoms in total. The fourth-order valence-corrected chi connectivity index (χ4v) is 2.50. The van der Waals surface area contributed by atoms with Gasteiger partial charge in [0.25, 0.3) is 0 Å². The van der Waals surface area contributed by atoms with E-state index in [0.717, 1.165) is 11.1 Å². The lowest BCUT2D eigenvalue weighted by Crippen LogP contribution is -2.00. The molecule has 0 bridgehead atoms. The molecule has 21 heavy (non-hydrogen) atoms. The zero-order valence-electron chi connectivity index (χ0n) is 12.0. The van der Waals surface area contributed by atoms with Crippen molar-refractivity contribution in [3.05, 3.63) is 52.5 Å². The van der Waals surface area contributed by atoms with E-state index in [2.05, 4.69) is 0 Å². The summed E-state index contributed by atoms with van der Waals surface area (Å²) < 4.78 is 16.0. The second-order valence-electron chi connectivity index (χ2n) is 4.36. The summed E-state index contributed by atoms with van der Waals surface area (Å²) in [7, 11) is 4.75. The molecule has 0 amide bonds. The van der Waals surface area contributed by atoms with Crippen molar-refractivity contribution in [3.8, 4) is 17.2 Å². The molecule has 0 aliphatic heterocycles.